The standard InChI is InChI=1S/C16H17ClN2O3/c1-2-21-15-13(17)8-12(9-18-15)16(20)19-6-5-11(10-19)14-4-3-7-22-14/h3-4,7-9,11H,2,5-6,10H2,1H3/t11-/m0/s1. The molecule has 1 aliphatic rings. The second-order valence-corrected chi connectivity index (χ2v) is 5.60. The van der Waals surface area contributed by atoms with Crippen LogP contribution >= 0.6 is 11.6 Å². The smallest absolute Gasteiger partial charge is 0.255 e. The highest BCUT2D eigenvalue weighted by Crippen LogP contribution is 2.29. The Labute approximate surface area is 133 Å². The van der Waals surface area contributed by atoms with E-state index < -0.39 is 0 Å². The summed E-state index contributed by atoms with van der Waals surface area (Å²) in [7, 11) is 0. The number of amides is 1. The lowest BCUT2D eigenvalue weighted by Crippen LogP contribution is -2.28. The van der Waals surface area contributed by atoms with Crippen LogP contribution in [0.1, 0.15) is 35.4 Å². The molecule has 0 spiro atoms. The van der Waals surface area contributed by atoms with Crippen LogP contribution in [0.2, 0.25) is 5.02 Å². The van der Waals surface area contributed by atoms with E-state index in [1.54, 1.807) is 17.2 Å². The van der Waals surface area contributed by atoms with Gasteiger partial charge in [0.1, 0.15) is 10.8 Å². The van der Waals surface area contributed by atoms with Gasteiger partial charge in [0, 0.05) is 25.2 Å². The minimum atomic E-state index is -0.0634. The van der Waals surface area contributed by atoms with E-state index in [-0.39, 0.29) is 11.8 Å². The first-order chi connectivity index (χ1) is 10.7. The van der Waals surface area contributed by atoms with Crippen LogP contribution in [0.3, 0.4) is 0 Å². The normalized spacial score (nSPS) is 17.7. The van der Waals surface area contributed by atoms with Crippen molar-refractivity contribution in [1.82, 2.24) is 9.88 Å². The largest absolute Gasteiger partial charge is 0.477 e. The fourth-order valence-electron chi connectivity index (χ4n) is 2.67. The van der Waals surface area contributed by atoms with Crippen molar-refractivity contribution in [2.45, 2.75) is 19.3 Å². The molecule has 3 heterocycles. The van der Waals surface area contributed by atoms with Crippen LogP contribution in [0.25, 0.3) is 0 Å². The van der Waals surface area contributed by atoms with Gasteiger partial charge in [-0.15, -0.1) is 0 Å². The van der Waals surface area contributed by atoms with Gasteiger partial charge in [-0.1, -0.05) is 11.6 Å². The Kier molecular flexibility index (Phi) is 4.34. The number of carbonyl (C=O) groups excluding carboxylic acids is 1. The Bertz CT molecular complexity index is 657. The van der Waals surface area contributed by atoms with Crippen LogP contribution < -0.4 is 4.74 Å². The van der Waals surface area contributed by atoms with Crippen LogP contribution in [0.4, 0.5) is 0 Å². The van der Waals surface area contributed by atoms with Crippen molar-refractivity contribution in [3.05, 3.63) is 47.0 Å². The average molecular weight is 321 g/mol. The van der Waals surface area contributed by atoms with Gasteiger partial charge in [0.2, 0.25) is 5.88 Å². The summed E-state index contributed by atoms with van der Waals surface area (Å²) in [5.41, 5.74) is 0.480. The second-order valence-electron chi connectivity index (χ2n) is 5.20. The van der Waals surface area contributed by atoms with E-state index in [0.717, 1.165) is 12.2 Å². The molecule has 3 rings (SSSR count). The maximum Gasteiger partial charge on any atom is 0.255 e. The van der Waals surface area contributed by atoms with Gasteiger partial charge in [-0.05, 0) is 31.5 Å². The van der Waals surface area contributed by atoms with Gasteiger partial charge in [0.05, 0.1) is 18.4 Å². The minimum Gasteiger partial charge on any atom is -0.477 e. The lowest BCUT2D eigenvalue weighted by Gasteiger charge is -2.16. The third kappa shape index (κ3) is 2.95. The number of hydrogen-bond donors (Lipinski definition) is 0. The van der Waals surface area contributed by atoms with Crippen molar-refractivity contribution in [1.29, 1.82) is 0 Å². The molecule has 1 fully saturated rings. The molecule has 0 aromatic carbocycles. The van der Waals surface area contributed by atoms with Crippen LogP contribution in [-0.2, 0) is 0 Å². The summed E-state index contributed by atoms with van der Waals surface area (Å²) >= 11 is 6.10. The van der Waals surface area contributed by atoms with E-state index in [9.17, 15) is 4.79 Å². The van der Waals surface area contributed by atoms with Crippen LogP contribution in [0.5, 0.6) is 5.88 Å². The maximum absolute atomic E-state index is 12.5. The van der Waals surface area contributed by atoms with Gasteiger partial charge in [-0.3, -0.25) is 4.79 Å². The zero-order valence-electron chi connectivity index (χ0n) is 12.3. The number of nitrogens with zero attached hydrogens (tertiary/aromatic N) is 2. The number of likely N-dealkylation sites (tertiary alicyclic amines) is 1. The van der Waals surface area contributed by atoms with Gasteiger partial charge in [-0.25, -0.2) is 4.98 Å². The zero-order chi connectivity index (χ0) is 15.5. The van der Waals surface area contributed by atoms with Crippen LogP contribution in [0, 0.1) is 0 Å². The molecule has 0 bridgehead atoms. The van der Waals surface area contributed by atoms with Gasteiger partial charge < -0.3 is 14.1 Å². The predicted molar refractivity (Wildman–Crippen MR) is 82.4 cm³/mol. The lowest BCUT2D eigenvalue weighted by molar-refractivity contribution is 0.0789. The Balaban J connectivity index is 1.71. The van der Waals surface area contributed by atoms with Crippen LogP contribution in [-0.4, -0.2) is 35.5 Å². The van der Waals surface area contributed by atoms with E-state index in [1.807, 2.05) is 19.1 Å². The summed E-state index contributed by atoms with van der Waals surface area (Å²) < 4.78 is 10.7. The molecule has 1 aliphatic heterocycles. The maximum atomic E-state index is 12.5. The molecule has 2 aromatic rings. The van der Waals surface area contributed by atoms with E-state index in [0.29, 0.717) is 36.2 Å². The molecule has 22 heavy (non-hydrogen) atoms. The molecular weight excluding hydrogens is 304 g/mol. The Hall–Kier alpha value is -2.01. The first-order valence-corrected chi connectivity index (χ1v) is 7.68. The topological polar surface area (TPSA) is 55.6 Å². The summed E-state index contributed by atoms with van der Waals surface area (Å²) in [6.07, 6.45) is 4.08. The lowest BCUT2D eigenvalue weighted by atomic mass is 10.1. The van der Waals surface area contributed by atoms with Crippen molar-refractivity contribution in [2.24, 2.45) is 0 Å². The molecule has 1 saturated heterocycles. The van der Waals surface area contributed by atoms with Gasteiger partial charge in [-0.2, -0.15) is 0 Å². The molecule has 6 heteroatoms. The van der Waals surface area contributed by atoms with Crippen molar-refractivity contribution in [3.8, 4) is 5.88 Å². The van der Waals surface area contributed by atoms with Crippen molar-refractivity contribution in [2.75, 3.05) is 19.7 Å². The van der Waals surface area contributed by atoms with E-state index >= 15 is 0 Å². The molecule has 0 saturated carbocycles. The van der Waals surface area contributed by atoms with E-state index in [4.69, 9.17) is 20.8 Å². The third-order valence-corrected chi connectivity index (χ3v) is 4.03. The van der Waals surface area contributed by atoms with Gasteiger partial charge >= 0.3 is 0 Å². The number of ether oxygens (including phenoxy) is 1. The Morgan fingerprint density at radius 2 is 2.45 bits per heavy atom. The molecule has 116 valence electrons. The van der Waals surface area contributed by atoms with Crippen molar-refractivity contribution in [3.63, 3.8) is 0 Å². The number of hydrogen-bond acceptors (Lipinski definition) is 4. The molecule has 0 N–H and O–H groups in total. The fourth-order valence-corrected chi connectivity index (χ4v) is 2.89. The summed E-state index contributed by atoms with van der Waals surface area (Å²) in [6, 6.07) is 5.44. The summed E-state index contributed by atoms with van der Waals surface area (Å²) in [5, 5.41) is 0.356. The quantitative estimate of drug-likeness (QED) is 0.866. The second kappa shape index (κ2) is 6.40. The Morgan fingerprint density at radius 1 is 1.59 bits per heavy atom. The minimum absolute atomic E-state index is 0.0634. The molecule has 0 radical (unpaired) electrons. The molecule has 5 nitrogen and oxygen atoms in total. The van der Waals surface area contributed by atoms with Crippen LogP contribution in [0.15, 0.2) is 35.1 Å². The highest BCUT2D eigenvalue weighted by atomic mass is 35.5. The number of halogens is 1. The number of aromatic nitrogens is 1. The number of carbonyl (C=O) groups is 1. The SMILES string of the molecule is CCOc1ncc(C(=O)N2CC[C@H](c3ccco3)C2)cc1Cl. The molecule has 0 unspecified atom stereocenters. The zero-order valence-corrected chi connectivity index (χ0v) is 13.0. The molecule has 2 aromatic heterocycles. The Morgan fingerprint density at radius 3 is 3.14 bits per heavy atom. The summed E-state index contributed by atoms with van der Waals surface area (Å²) in [4.78, 5) is 18.5. The van der Waals surface area contributed by atoms with Crippen molar-refractivity contribution < 1.29 is 13.9 Å². The monoisotopic (exact) mass is 320 g/mol. The van der Waals surface area contributed by atoms with Gasteiger partial charge in [0.25, 0.3) is 5.91 Å². The van der Waals surface area contributed by atoms with E-state index in [2.05, 4.69) is 4.98 Å². The first kappa shape index (κ1) is 14.9. The third-order valence-electron chi connectivity index (χ3n) is 3.76. The summed E-state index contributed by atoms with van der Waals surface area (Å²) in [6.45, 7) is 3.69. The first-order valence-electron chi connectivity index (χ1n) is 7.30. The molecular formula is C16H17ClN2O3. The highest BCUT2D eigenvalue weighted by Gasteiger charge is 2.29. The molecule has 1 amide bonds. The number of furan rings is 1. The fraction of sp³-hybridized carbons (Fsp3) is 0.375. The van der Waals surface area contributed by atoms with E-state index in [1.165, 1.54) is 6.20 Å². The molecule has 1 atom stereocenters. The summed E-state index contributed by atoms with van der Waals surface area (Å²) in [5.74, 6) is 1.48. The molecule has 0 aliphatic carbocycles. The van der Waals surface area contributed by atoms with Crippen molar-refractivity contribution >= 4 is 17.5 Å². The average Bonchev–Trinajstić information content (AvgIpc) is 3.19. The van der Waals surface area contributed by atoms with Gasteiger partial charge in [0.15, 0.2) is 0 Å². The number of rotatable bonds is 4. The predicted octanol–water partition coefficient (Wildman–Crippen LogP) is 3.36. The highest BCUT2D eigenvalue weighted by molar-refractivity contribution is 6.32. The number of pyridine rings is 1.